The van der Waals surface area contributed by atoms with Crippen molar-refractivity contribution in [3.05, 3.63) is 202 Å². The summed E-state index contributed by atoms with van der Waals surface area (Å²) in [5.74, 6) is 0.130. The van der Waals surface area contributed by atoms with E-state index in [1.54, 1.807) is 47.2 Å². The molecule has 2 unspecified atom stereocenters. The highest BCUT2D eigenvalue weighted by atomic mass is 35.5. The van der Waals surface area contributed by atoms with Crippen LogP contribution in [0.5, 0.6) is 11.5 Å². The van der Waals surface area contributed by atoms with Gasteiger partial charge < -0.3 is 24.9 Å². The predicted octanol–water partition coefficient (Wildman–Crippen LogP) is 11.8. The standard InChI is InChI=1S/C27H23ClN2O2.C27H21ClN2O2/c1-29-25-13-8-22(28)16-26(25)30(23-9-11-24(31)12-10-23)17-21(27(29)32)15-18-6-7-19-4-2-3-5-20(19)14-18;1-30-25-13-10-21(28)16-23(25)26(19-8-11-22(31)12-9-19)29-24(27(30)32)15-17-6-7-18-4-2-3-5-20(18)14-17/h2-14,16,21,31H,15,17H2,1H3;2-14,16,24,31H,15H2,1H3. The van der Waals surface area contributed by atoms with Crippen LogP contribution in [0.25, 0.3) is 21.5 Å². The monoisotopic (exact) mass is 882 g/mol. The van der Waals surface area contributed by atoms with Crippen LogP contribution in [-0.2, 0) is 22.4 Å². The van der Waals surface area contributed by atoms with Crippen LogP contribution in [-0.4, -0.2) is 54.4 Å². The van der Waals surface area contributed by atoms with E-state index in [9.17, 15) is 19.8 Å². The number of fused-ring (bicyclic) bond motifs is 4. The minimum Gasteiger partial charge on any atom is -0.508 e. The van der Waals surface area contributed by atoms with Gasteiger partial charge in [-0.15, -0.1) is 0 Å². The number of amides is 2. The van der Waals surface area contributed by atoms with E-state index in [4.69, 9.17) is 28.2 Å². The molecule has 64 heavy (non-hydrogen) atoms. The van der Waals surface area contributed by atoms with E-state index in [-0.39, 0.29) is 29.2 Å². The molecule has 0 radical (unpaired) electrons. The zero-order valence-corrected chi connectivity index (χ0v) is 36.7. The van der Waals surface area contributed by atoms with Crippen molar-refractivity contribution < 1.29 is 19.8 Å². The molecule has 2 aliphatic heterocycles. The van der Waals surface area contributed by atoms with Gasteiger partial charge in [-0.3, -0.25) is 14.6 Å². The molecule has 10 rings (SSSR count). The second-order valence-corrected chi connectivity index (χ2v) is 17.1. The molecule has 2 amide bonds. The van der Waals surface area contributed by atoms with Crippen LogP contribution in [0.2, 0.25) is 10.0 Å². The number of rotatable bonds is 6. The van der Waals surface area contributed by atoms with Crippen molar-refractivity contribution in [1.82, 2.24) is 0 Å². The Morgan fingerprint density at radius 1 is 0.547 bits per heavy atom. The Morgan fingerprint density at radius 2 is 1.08 bits per heavy atom. The zero-order valence-electron chi connectivity index (χ0n) is 35.2. The molecule has 0 aliphatic carbocycles. The summed E-state index contributed by atoms with van der Waals surface area (Å²) in [6, 6.07) is 53.5. The highest BCUT2D eigenvalue weighted by Crippen LogP contribution is 2.41. The Balaban J connectivity index is 0.000000162. The lowest BCUT2D eigenvalue weighted by atomic mass is 9.95. The number of likely N-dealkylation sites (N-methyl/N-ethyl adjacent to an activating group) is 1. The zero-order chi connectivity index (χ0) is 44.5. The van der Waals surface area contributed by atoms with Gasteiger partial charge in [0.05, 0.1) is 28.7 Å². The van der Waals surface area contributed by atoms with Crippen LogP contribution in [0.1, 0.15) is 22.3 Å². The maximum atomic E-state index is 13.5. The second-order valence-electron chi connectivity index (χ2n) is 16.2. The Morgan fingerprint density at radius 3 is 1.70 bits per heavy atom. The fraction of sp³-hybridized carbons (Fsp3) is 0.130. The third-order valence-electron chi connectivity index (χ3n) is 12.0. The van der Waals surface area contributed by atoms with E-state index in [1.165, 1.54) is 10.8 Å². The van der Waals surface area contributed by atoms with Gasteiger partial charge in [-0.2, -0.15) is 0 Å². The molecule has 0 bridgehead atoms. The quantitative estimate of drug-likeness (QED) is 0.173. The van der Waals surface area contributed by atoms with Gasteiger partial charge in [0.1, 0.15) is 17.5 Å². The fourth-order valence-electron chi connectivity index (χ4n) is 8.65. The van der Waals surface area contributed by atoms with Crippen molar-refractivity contribution in [2.45, 2.75) is 18.9 Å². The number of anilines is 4. The summed E-state index contributed by atoms with van der Waals surface area (Å²) in [6.45, 7) is 0.508. The van der Waals surface area contributed by atoms with E-state index in [0.717, 1.165) is 55.8 Å². The van der Waals surface area contributed by atoms with Crippen LogP contribution < -0.4 is 14.7 Å². The van der Waals surface area contributed by atoms with Crippen molar-refractivity contribution in [1.29, 1.82) is 0 Å². The van der Waals surface area contributed by atoms with E-state index in [1.807, 2.05) is 85.9 Å². The highest BCUT2D eigenvalue weighted by molar-refractivity contribution is 6.32. The first-order valence-electron chi connectivity index (χ1n) is 21.0. The minimum absolute atomic E-state index is 0.0722. The first kappa shape index (κ1) is 42.2. The Hall–Kier alpha value is -7.13. The van der Waals surface area contributed by atoms with Crippen LogP contribution in [0.15, 0.2) is 175 Å². The SMILES string of the molecule is CN1C(=O)C(Cc2ccc3ccccc3c2)CN(c2ccc(O)cc2)c2cc(Cl)ccc21.CN1C(=O)C(Cc2ccc3ccccc3c2)N=C(c2ccc(O)cc2)c2cc(Cl)ccc21. The molecule has 0 aromatic heterocycles. The Bertz CT molecular complexity index is 3080. The van der Waals surface area contributed by atoms with Gasteiger partial charge in [-0.05, 0) is 124 Å². The summed E-state index contributed by atoms with van der Waals surface area (Å²) in [7, 11) is 3.60. The summed E-state index contributed by atoms with van der Waals surface area (Å²) in [4.78, 5) is 37.4. The highest BCUT2D eigenvalue weighted by Gasteiger charge is 2.33. The number of carbonyl (C=O) groups is 2. The molecule has 0 spiro atoms. The van der Waals surface area contributed by atoms with Gasteiger partial charge in [-0.1, -0.05) is 108 Å². The van der Waals surface area contributed by atoms with E-state index >= 15 is 0 Å². The lowest BCUT2D eigenvalue weighted by Crippen LogP contribution is -2.36. The van der Waals surface area contributed by atoms with Gasteiger partial charge in [-0.25, -0.2) is 0 Å². The third-order valence-corrected chi connectivity index (χ3v) is 12.5. The molecule has 2 heterocycles. The summed E-state index contributed by atoms with van der Waals surface area (Å²) >= 11 is 12.7. The van der Waals surface area contributed by atoms with Crippen LogP contribution in [0.3, 0.4) is 0 Å². The largest absolute Gasteiger partial charge is 0.508 e. The number of carbonyl (C=O) groups excluding carboxylic acids is 2. The number of nitrogens with zero attached hydrogens (tertiary/aromatic N) is 4. The van der Waals surface area contributed by atoms with E-state index < -0.39 is 6.04 Å². The van der Waals surface area contributed by atoms with Crippen LogP contribution in [0.4, 0.5) is 22.7 Å². The maximum absolute atomic E-state index is 13.5. The molecule has 0 saturated carbocycles. The topological polar surface area (TPSA) is 96.7 Å². The number of phenols is 2. The summed E-state index contributed by atoms with van der Waals surface area (Å²) in [6.07, 6.45) is 1.11. The average Bonchev–Trinajstić information content (AvgIpc) is 3.47. The molecule has 2 N–H and O–H groups in total. The second kappa shape index (κ2) is 17.9. The average molecular weight is 884 g/mol. The molecule has 8 nitrogen and oxygen atoms in total. The minimum atomic E-state index is -0.587. The molecule has 10 heteroatoms. The molecular weight excluding hydrogens is 840 g/mol. The number of benzodiazepines with no additional fused rings is 1. The first-order chi connectivity index (χ1) is 31.0. The van der Waals surface area contributed by atoms with Gasteiger partial charge in [0.25, 0.3) is 5.91 Å². The van der Waals surface area contributed by atoms with Gasteiger partial charge in [0.15, 0.2) is 0 Å². The maximum Gasteiger partial charge on any atom is 0.251 e. The lowest BCUT2D eigenvalue weighted by Gasteiger charge is -2.27. The van der Waals surface area contributed by atoms with Crippen molar-refractivity contribution in [3.63, 3.8) is 0 Å². The summed E-state index contributed by atoms with van der Waals surface area (Å²) < 4.78 is 0. The van der Waals surface area contributed by atoms with Crippen LogP contribution in [0, 0.1) is 5.92 Å². The molecule has 8 aromatic carbocycles. The molecule has 2 aliphatic rings. The smallest absolute Gasteiger partial charge is 0.251 e. The van der Waals surface area contributed by atoms with Crippen molar-refractivity contribution in [2.24, 2.45) is 10.9 Å². The molecule has 0 fully saturated rings. The number of aliphatic imine (C=N–C) groups is 1. The number of aromatic hydroxyl groups is 2. The summed E-state index contributed by atoms with van der Waals surface area (Å²) in [5.41, 5.74) is 7.82. The van der Waals surface area contributed by atoms with Gasteiger partial charge in [0, 0.05) is 53.9 Å². The number of hydrogen-bond donors (Lipinski definition) is 2. The van der Waals surface area contributed by atoms with Crippen LogP contribution >= 0.6 is 23.2 Å². The summed E-state index contributed by atoms with van der Waals surface area (Å²) in [5, 5.41) is 25.4. The van der Waals surface area contributed by atoms with Gasteiger partial charge in [0.2, 0.25) is 5.91 Å². The lowest BCUT2D eigenvalue weighted by molar-refractivity contribution is -0.121. The molecule has 8 aromatic rings. The number of benzene rings is 8. The van der Waals surface area contributed by atoms with Crippen molar-refractivity contribution >= 4 is 85.0 Å². The Kier molecular flexibility index (Phi) is 11.8. The third kappa shape index (κ3) is 8.75. The van der Waals surface area contributed by atoms with Crippen molar-refractivity contribution in [3.8, 4) is 11.5 Å². The predicted molar refractivity (Wildman–Crippen MR) is 261 cm³/mol. The number of hydrogen-bond acceptors (Lipinski definition) is 6. The van der Waals surface area contributed by atoms with E-state index in [2.05, 4.69) is 65.6 Å². The normalized spacial score (nSPS) is 16.1. The van der Waals surface area contributed by atoms with E-state index in [0.29, 0.717) is 35.1 Å². The van der Waals surface area contributed by atoms with Gasteiger partial charge >= 0.3 is 0 Å². The molecule has 318 valence electrons. The first-order valence-corrected chi connectivity index (χ1v) is 21.8. The molecule has 0 saturated heterocycles. The number of phenolic OH excluding ortho intramolecular Hbond substituents is 2. The fourth-order valence-corrected chi connectivity index (χ4v) is 8.99. The molecular formula is C54H44Cl2N4O4. The van der Waals surface area contributed by atoms with Crippen molar-refractivity contribution in [2.75, 3.05) is 35.3 Å². The number of halogens is 2. The molecule has 2 atom stereocenters. The Labute approximate surface area is 381 Å².